The van der Waals surface area contributed by atoms with Crippen LogP contribution in [0.4, 0.5) is 10.5 Å². The predicted molar refractivity (Wildman–Crippen MR) is 108 cm³/mol. The molecule has 140 valence electrons. The maximum atomic E-state index is 12.4. The van der Waals surface area contributed by atoms with Crippen LogP contribution in [-0.4, -0.2) is 25.2 Å². The number of methoxy groups -OCH3 is 2. The van der Waals surface area contributed by atoms with Gasteiger partial charge in [0.05, 0.1) is 20.3 Å². The summed E-state index contributed by atoms with van der Waals surface area (Å²) in [5.74, 6) is 1.36. The molecule has 2 N–H and O–H groups in total. The third-order valence-electron chi connectivity index (χ3n) is 4.05. The van der Waals surface area contributed by atoms with E-state index in [2.05, 4.69) is 15.6 Å². The summed E-state index contributed by atoms with van der Waals surface area (Å²) >= 11 is 1.56. The van der Waals surface area contributed by atoms with Crippen molar-refractivity contribution in [3.05, 3.63) is 59.6 Å². The first-order valence-electron chi connectivity index (χ1n) is 8.40. The highest BCUT2D eigenvalue weighted by Gasteiger charge is 2.15. The smallest absolute Gasteiger partial charge is 0.319 e. The van der Waals surface area contributed by atoms with E-state index in [-0.39, 0.29) is 12.1 Å². The minimum atomic E-state index is -0.295. The van der Waals surface area contributed by atoms with Gasteiger partial charge in [-0.3, -0.25) is 0 Å². The number of aromatic nitrogens is 1. The summed E-state index contributed by atoms with van der Waals surface area (Å²) in [5, 5.41) is 8.63. The van der Waals surface area contributed by atoms with Crippen LogP contribution in [0.2, 0.25) is 0 Å². The molecule has 3 aromatic rings. The van der Waals surface area contributed by atoms with Crippen LogP contribution in [0.3, 0.4) is 0 Å². The van der Waals surface area contributed by atoms with Gasteiger partial charge in [-0.15, -0.1) is 11.3 Å². The maximum absolute atomic E-state index is 12.4. The summed E-state index contributed by atoms with van der Waals surface area (Å²) in [7, 11) is 3.19. The van der Waals surface area contributed by atoms with Crippen LogP contribution >= 0.6 is 11.3 Å². The van der Waals surface area contributed by atoms with Crippen LogP contribution in [0.5, 0.6) is 11.5 Å². The Morgan fingerprint density at radius 3 is 2.70 bits per heavy atom. The van der Waals surface area contributed by atoms with Crippen molar-refractivity contribution in [1.82, 2.24) is 10.3 Å². The number of rotatable bonds is 6. The molecule has 1 aromatic heterocycles. The Balaban J connectivity index is 1.68. The molecule has 0 radical (unpaired) electrons. The van der Waals surface area contributed by atoms with Crippen molar-refractivity contribution >= 4 is 23.1 Å². The lowest BCUT2D eigenvalue weighted by atomic mass is 10.1. The van der Waals surface area contributed by atoms with Gasteiger partial charge in [-0.05, 0) is 31.2 Å². The van der Waals surface area contributed by atoms with Gasteiger partial charge in [0.2, 0.25) is 0 Å². The standard InChI is InChI=1S/C20H21N3O3S/c1-13(17-8-7-16(25-2)12-18(17)26-3)22-20(24)23-15-6-4-5-14(11-15)19-21-9-10-27-19/h4-13H,1-3H3,(H2,22,23,24)/t13-/m0/s1. The van der Waals surface area contributed by atoms with E-state index in [1.54, 1.807) is 37.8 Å². The fraction of sp³-hybridized carbons (Fsp3) is 0.200. The van der Waals surface area contributed by atoms with Crippen molar-refractivity contribution < 1.29 is 14.3 Å². The number of benzene rings is 2. The van der Waals surface area contributed by atoms with Crippen molar-refractivity contribution in [2.75, 3.05) is 19.5 Å². The second-order valence-corrected chi connectivity index (χ2v) is 6.74. The Morgan fingerprint density at radius 2 is 2.00 bits per heavy atom. The van der Waals surface area contributed by atoms with Crippen molar-refractivity contribution in [2.24, 2.45) is 0 Å². The molecule has 0 bridgehead atoms. The Kier molecular flexibility index (Phi) is 5.93. The summed E-state index contributed by atoms with van der Waals surface area (Å²) in [6, 6.07) is 12.6. The van der Waals surface area contributed by atoms with E-state index in [1.165, 1.54) is 0 Å². The first kappa shape index (κ1) is 18.7. The van der Waals surface area contributed by atoms with Crippen LogP contribution in [0.15, 0.2) is 54.0 Å². The van der Waals surface area contributed by atoms with E-state index in [1.807, 2.05) is 48.7 Å². The molecule has 0 unspecified atom stereocenters. The maximum Gasteiger partial charge on any atom is 0.319 e. The SMILES string of the molecule is COc1ccc([C@H](C)NC(=O)Nc2cccc(-c3nccs3)c2)c(OC)c1. The van der Waals surface area contributed by atoms with Gasteiger partial charge in [0, 0.05) is 34.5 Å². The van der Waals surface area contributed by atoms with E-state index in [0.717, 1.165) is 16.1 Å². The molecular formula is C20H21N3O3S. The second-order valence-electron chi connectivity index (χ2n) is 5.85. The van der Waals surface area contributed by atoms with E-state index >= 15 is 0 Å². The van der Waals surface area contributed by atoms with Crippen LogP contribution < -0.4 is 20.1 Å². The Morgan fingerprint density at radius 1 is 1.15 bits per heavy atom. The average Bonchev–Trinajstić information content (AvgIpc) is 3.22. The lowest BCUT2D eigenvalue weighted by molar-refractivity contribution is 0.249. The number of carbonyl (C=O) groups excluding carboxylic acids is 1. The normalized spacial score (nSPS) is 11.5. The molecule has 0 saturated heterocycles. The number of anilines is 1. The van der Waals surface area contributed by atoms with Gasteiger partial charge >= 0.3 is 6.03 Å². The summed E-state index contributed by atoms with van der Waals surface area (Å²) < 4.78 is 10.6. The molecule has 0 aliphatic heterocycles. The Hall–Kier alpha value is -3.06. The van der Waals surface area contributed by atoms with Gasteiger partial charge in [-0.25, -0.2) is 9.78 Å². The van der Waals surface area contributed by atoms with Crippen molar-refractivity contribution in [1.29, 1.82) is 0 Å². The molecule has 0 aliphatic rings. The largest absolute Gasteiger partial charge is 0.497 e. The molecule has 2 amide bonds. The Labute approximate surface area is 162 Å². The minimum Gasteiger partial charge on any atom is -0.497 e. The third-order valence-corrected chi connectivity index (χ3v) is 4.88. The number of urea groups is 1. The molecule has 1 atom stereocenters. The highest BCUT2D eigenvalue weighted by atomic mass is 32.1. The topological polar surface area (TPSA) is 72.5 Å². The van der Waals surface area contributed by atoms with Gasteiger partial charge in [-0.1, -0.05) is 12.1 Å². The molecule has 6 nitrogen and oxygen atoms in total. The highest BCUT2D eigenvalue weighted by molar-refractivity contribution is 7.13. The fourth-order valence-corrected chi connectivity index (χ4v) is 3.35. The first-order valence-corrected chi connectivity index (χ1v) is 9.28. The lowest BCUT2D eigenvalue weighted by Crippen LogP contribution is -2.31. The number of hydrogen-bond donors (Lipinski definition) is 2. The summed E-state index contributed by atoms with van der Waals surface area (Å²) in [5.41, 5.74) is 2.53. The second kappa shape index (κ2) is 8.55. The Bertz CT molecular complexity index is 913. The van der Waals surface area contributed by atoms with Crippen LogP contribution in [0.1, 0.15) is 18.5 Å². The molecule has 0 fully saturated rings. The number of thiazole rings is 1. The molecule has 27 heavy (non-hydrogen) atoms. The molecule has 0 saturated carbocycles. The zero-order valence-corrected chi connectivity index (χ0v) is 16.2. The number of nitrogens with one attached hydrogen (secondary N) is 2. The molecule has 7 heteroatoms. The van der Waals surface area contributed by atoms with Gasteiger partial charge in [-0.2, -0.15) is 0 Å². The molecule has 3 rings (SSSR count). The number of carbonyl (C=O) groups is 1. The highest BCUT2D eigenvalue weighted by Crippen LogP contribution is 2.29. The monoisotopic (exact) mass is 383 g/mol. The number of ether oxygens (including phenoxy) is 2. The molecule has 2 aromatic carbocycles. The van der Waals surface area contributed by atoms with Crippen molar-refractivity contribution in [2.45, 2.75) is 13.0 Å². The number of amides is 2. The quantitative estimate of drug-likeness (QED) is 0.647. The van der Waals surface area contributed by atoms with Gasteiger partial charge in [0.15, 0.2) is 0 Å². The van der Waals surface area contributed by atoms with Gasteiger partial charge in [0.1, 0.15) is 16.5 Å². The summed E-state index contributed by atoms with van der Waals surface area (Å²) in [4.78, 5) is 16.7. The molecular weight excluding hydrogens is 362 g/mol. The summed E-state index contributed by atoms with van der Waals surface area (Å²) in [6.45, 7) is 1.90. The lowest BCUT2D eigenvalue weighted by Gasteiger charge is -2.18. The zero-order chi connectivity index (χ0) is 19.2. The van der Waals surface area contributed by atoms with E-state index in [9.17, 15) is 4.79 Å². The van der Waals surface area contributed by atoms with Crippen LogP contribution in [-0.2, 0) is 0 Å². The van der Waals surface area contributed by atoms with Crippen LogP contribution in [0.25, 0.3) is 10.6 Å². The minimum absolute atomic E-state index is 0.243. The number of hydrogen-bond acceptors (Lipinski definition) is 5. The van der Waals surface area contributed by atoms with Crippen molar-refractivity contribution in [3.63, 3.8) is 0 Å². The van der Waals surface area contributed by atoms with E-state index < -0.39 is 0 Å². The third kappa shape index (κ3) is 4.57. The average molecular weight is 383 g/mol. The fourth-order valence-electron chi connectivity index (χ4n) is 2.71. The molecule has 0 aliphatic carbocycles. The zero-order valence-electron chi connectivity index (χ0n) is 15.4. The van der Waals surface area contributed by atoms with Gasteiger partial charge in [0.25, 0.3) is 0 Å². The van der Waals surface area contributed by atoms with Crippen molar-refractivity contribution in [3.8, 4) is 22.1 Å². The van der Waals surface area contributed by atoms with E-state index in [4.69, 9.17) is 9.47 Å². The number of nitrogens with zero attached hydrogens (tertiary/aromatic N) is 1. The van der Waals surface area contributed by atoms with Gasteiger partial charge < -0.3 is 20.1 Å². The van der Waals surface area contributed by atoms with Crippen LogP contribution in [0, 0.1) is 0 Å². The molecule has 0 spiro atoms. The molecule has 1 heterocycles. The van der Waals surface area contributed by atoms with E-state index in [0.29, 0.717) is 17.2 Å². The predicted octanol–water partition coefficient (Wildman–Crippen LogP) is 4.71. The first-order chi connectivity index (χ1) is 13.1. The summed E-state index contributed by atoms with van der Waals surface area (Å²) in [6.07, 6.45) is 1.76.